The molecule has 1 saturated heterocycles. The molecule has 1 aliphatic rings. The number of carboxylic acid groups (broad SMARTS) is 1. The Labute approximate surface area is 263 Å². The fourth-order valence-corrected chi connectivity index (χ4v) is 5.26. The molecule has 1 aliphatic heterocycles. The average molecular weight is 648 g/mol. The van der Waals surface area contributed by atoms with Crippen molar-refractivity contribution in [1.82, 2.24) is 10.6 Å². The smallest absolute Gasteiger partial charge is 0.364 e. The zero-order chi connectivity index (χ0) is 32.0. The highest BCUT2D eigenvalue weighted by atomic mass is 35.5. The summed E-state index contributed by atoms with van der Waals surface area (Å²) in [5.41, 5.74) is 2.50. The van der Waals surface area contributed by atoms with Crippen LogP contribution in [0, 0.1) is 0 Å². The van der Waals surface area contributed by atoms with Crippen molar-refractivity contribution < 1.29 is 44.3 Å². The van der Waals surface area contributed by atoms with E-state index in [1.54, 1.807) is 36.4 Å². The van der Waals surface area contributed by atoms with E-state index >= 15 is 0 Å². The normalized spacial score (nSPS) is 22.9. The molecule has 6 N–H and O–H groups in total. The van der Waals surface area contributed by atoms with Gasteiger partial charge in [0.25, 0.3) is 11.7 Å². The van der Waals surface area contributed by atoms with Crippen LogP contribution in [-0.4, -0.2) is 81.0 Å². The van der Waals surface area contributed by atoms with Crippen LogP contribution in [0.3, 0.4) is 0 Å². The molecular weight excluding hydrogens is 615 g/mol. The monoisotopic (exact) mass is 646 g/mol. The van der Waals surface area contributed by atoms with Crippen LogP contribution in [0.2, 0.25) is 10.0 Å². The van der Waals surface area contributed by atoms with Crippen LogP contribution in [0.15, 0.2) is 72.8 Å². The minimum Gasteiger partial charge on any atom is -0.477 e. The molecule has 1 heterocycles. The van der Waals surface area contributed by atoms with Gasteiger partial charge in [0, 0.05) is 25.5 Å². The number of aliphatic hydroxyl groups excluding tert-OH is 3. The summed E-state index contributed by atoms with van der Waals surface area (Å²) < 4.78 is 11.4. The number of nitrogens with one attached hydrogen (secondary N) is 2. The molecule has 234 valence electrons. The van der Waals surface area contributed by atoms with E-state index in [1.165, 1.54) is 6.07 Å². The number of aliphatic carboxylic acids is 1. The van der Waals surface area contributed by atoms with E-state index in [9.17, 15) is 34.8 Å². The van der Waals surface area contributed by atoms with Gasteiger partial charge in [0.15, 0.2) is 0 Å². The second kappa shape index (κ2) is 14.5. The van der Waals surface area contributed by atoms with Gasteiger partial charge < -0.3 is 40.5 Å². The summed E-state index contributed by atoms with van der Waals surface area (Å²) in [6.45, 7) is 0.294. The second-order valence-corrected chi connectivity index (χ2v) is 11.1. The average Bonchev–Trinajstić information content (AvgIpc) is 3.01. The van der Waals surface area contributed by atoms with E-state index in [0.717, 1.165) is 18.1 Å². The van der Waals surface area contributed by atoms with E-state index in [2.05, 4.69) is 10.6 Å². The van der Waals surface area contributed by atoms with Crippen LogP contribution in [0.25, 0.3) is 11.1 Å². The summed E-state index contributed by atoms with van der Waals surface area (Å²) in [7, 11) is 0. The summed E-state index contributed by atoms with van der Waals surface area (Å²) in [6.07, 6.45) is -7.49. The van der Waals surface area contributed by atoms with Crippen molar-refractivity contribution in [2.24, 2.45) is 0 Å². The predicted molar refractivity (Wildman–Crippen MR) is 161 cm³/mol. The first-order valence-corrected chi connectivity index (χ1v) is 14.4. The number of carboxylic acids is 1. The number of carbonyl (C=O) groups excluding carboxylic acids is 2. The molecule has 13 heteroatoms. The number of rotatable bonds is 11. The van der Waals surface area contributed by atoms with Crippen molar-refractivity contribution in [3.05, 3.63) is 94.0 Å². The first-order valence-electron chi connectivity index (χ1n) is 13.6. The maximum atomic E-state index is 12.8. The van der Waals surface area contributed by atoms with Crippen molar-refractivity contribution >= 4 is 41.0 Å². The summed E-state index contributed by atoms with van der Waals surface area (Å²) in [5.74, 6) is -5.28. The SMILES string of the molecule is CC(=O)N[C@H]1[C@H]([C@H](O)[C@H](O)CNC(=O)c2ccc(-c3ccccc3)cc2)O[C@@](OCc2cccc(Cl)c2Cl)(C(=O)O)C[C@@H]1O. The molecule has 1 fully saturated rings. The van der Waals surface area contributed by atoms with Crippen molar-refractivity contribution in [2.75, 3.05) is 6.54 Å². The predicted octanol–water partition coefficient (Wildman–Crippen LogP) is 2.76. The van der Waals surface area contributed by atoms with Gasteiger partial charge in [-0.2, -0.15) is 0 Å². The molecule has 11 nitrogen and oxygen atoms in total. The van der Waals surface area contributed by atoms with Crippen molar-refractivity contribution in [1.29, 1.82) is 0 Å². The van der Waals surface area contributed by atoms with E-state index < -0.39 is 73.6 Å². The molecular formula is C31H32Cl2N2O9. The van der Waals surface area contributed by atoms with Crippen LogP contribution in [-0.2, 0) is 25.7 Å². The number of benzene rings is 3. The van der Waals surface area contributed by atoms with E-state index in [1.807, 2.05) is 30.3 Å². The molecule has 0 unspecified atom stereocenters. The zero-order valence-corrected chi connectivity index (χ0v) is 25.0. The van der Waals surface area contributed by atoms with Gasteiger partial charge in [-0.1, -0.05) is 77.8 Å². The Morgan fingerprint density at radius 1 is 1.00 bits per heavy atom. The van der Waals surface area contributed by atoms with Crippen molar-refractivity contribution in [3.63, 3.8) is 0 Å². The zero-order valence-electron chi connectivity index (χ0n) is 23.5. The van der Waals surface area contributed by atoms with E-state index in [0.29, 0.717) is 11.1 Å². The molecule has 3 aromatic rings. The summed E-state index contributed by atoms with van der Waals surface area (Å²) in [6, 6.07) is 19.7. The summed E-state index contributed by atoms with van der Waals surface area (Å²) >= 11 is 12.2. The molecule has 0 aliphatic carbocycles. The van der Waals surface area contributed by atoms with Gasteiger partial charge in [-0.05, 0) is 34.9 Å². The number of hydrogen-bond donors (Lipinski definition) is 6. The molecule has 0 bridgehead atoms. The maximum Gasteiger partial charge on any atom is 0.364 e. The Balaban J connectivity index is 1.48. The third kappa shape index (κ3) is 7.74. The molecule has 0 spiro atoms. The maximum absolute atomic E-state index is 12.8. The van der Waals surface area contributed by atoms with Crippen LogP contribution < -0.4 is 10.6 Å². The van der Waals surface area contributed by atoms with Gasteiger partial charge >= 0.3 is 5.97 Å². The minimum atomic E-state index is -2.50. The van der Waals surface area contributed by atoms with Gasteiger partial charge in [-0.3, -0.25) is 9.59 Å². The van der Waals surface area contributed by atoms with E-state index in [4.69, 9.17) is 32.7 Å². The molecule has 0 radical (unpaired) electrons. The number of hydrogen-bond acceptors (Lipinski definition) is 8. The van der Waals surface area contributed by atoms with Gasteiger partial charge in [0.1, 0.15) is 12.2 Å². The largest absolute Gasteiger partial charge is 0.477 e. The molecule has 0 saturated carbocycles. The number of ether oxygens (including phenoxy) is 2. The van der Waals surface area contributed by atoms with Crippen LogP contribution in [0.1, 0.15) is 29.3 Å². The number of halogens is 2. The topological polar surface area (TPSA) is 175 Å². The van der Waals surface area contributed by atoms with Gasteiger partial charge in [-0.25, -0.2) is 4.79 Å². The fraction of sp³-hybridized carbons (Fsp3) is 0.323. The van der Waals surface area contributed by atoms with E-state index in [-0.39, 0.29) is 10.0 Å². The lowest BCUT2D eigenvalue weighted by molar-refractivity contribution is -0.314. The number of amides is 2. The number of aliphatic hydroxyl groups is 3. The molecule has 0 aromatic heterocycles. The molecule has 4 rings (SSSR count). The molecule has 44 heavy (non-hydrogen) atoms. The molecule has 3 aromatic carbocycles. The standard InChI is InChI=1S/C31H32Cl2N2O9/c1-17(36)35-26-23(37)14-31(30(41)42,43-16-21-8-5-9-22(32)25(21)33)44-28(26)27(39)24(38)15-34-29(40)20-12-10-19(11-13-20)18-6-3-2-4-7-18/h2-13,23-24,26-28,37-39H,14-16H2,1H3,(H,34,40)(H,35,36)(H,41,42)/t23-,24+,26+,27+,28+,31+/m0/s1. The Morgan fingerprint density at radius 3 is 2.30 bits per heavy atom. The third-order valence-electron chi connectivity index (χ3n) is 7.22. The summed E-state index contributed by atoms with van der Waals surface area (Å²) in [5, 5.41) is 48.2. The first-order chi connectivity index (χ1) is 20.9. The van der Waals surface area contributed by atoms with Crippen molar-refractivity contribution in [2.45, 2.75) is 56.2 Å². The Kier molecular flexibility index (Phi) is 11.0. The fourth-order valence-electron chi connectivity index (χ4n) is 4.89. The van der Waals surface area contributed by atoms with Crippen molar-refractivity contribution in [3.8, 4) is 11.1 Å². The Bertz CT molecular complexity index is 1470. The molecule has 2 amide bonds. The first kappa shape index (κ1) is 33.3. The highest BCUT2D eigenvalue weighted by Gasteiger charge is 2.55. The van der Waals surface area contributed by atoms with Gasteiger partial charge in [0.2, 0.25) is 5.91 Å². The quantitative estimate of drug-likeness (QED) is 0.183. The van der Waals surface area contributed by atoms with Gasteiger partial charge in [0.05, 0.1) is 34.9 Å². The lowest BCUT2D eigenvalue weighted by Gasteiger charge is -2.46. The second-order valence-electron chi connectivity index (χ2n) is 10.4. The Hall–Kier alpha value is -3.55. The highest BCUT2D eigenvalue weighted by Crippen LogP contribution is 2.35. The van der Waals surface area contributed by atoms with Crippen LogP contribution >= 0.6 is 23.2 Å². The van der Waals surface area contributed by atoms with Crippen LogP contribution in [0.4, 0.5) is 0 Å². The third-order valence-corrected chi connectivity index (χ3v) is 8.08. The highest BCUT2D eigenvalue weighted by molar-refractivity contribution is 6.42. The lowest BCUT2D eigenvalue weighted by Crippen LogP contribution is -2.68. The lowest BCUT2D eigenvalue weighted by atomic mass is 9.88. The summed E-state index contributed by atoms with van der Waals surface area (Å²) in [4.78, 5) is 37.1. The van der Waals surface area contributed by atoms with Gasteiger partial charge in [-0.15, -0.1) is 0 Å². The minimum absolute atomic E-state index is 0.125. The Morgan fingerprint density at radius 2 is 1.66 bits per heavy atom. The molecule has 6 atom stereocenters. The number of carbonyl (C=O) groups is 3. The van der Waals surface area contributed by atoms with Crippen LogP contribution in [0.5, 0.6) is 0 Å².